The minimum absolute atomic E-state index is 0.00798. The molecule has 4 aliphatic carbocycles. The van der Waals surface area contributed by atoms with Crippen molar-refractivity contribution in [2.75, 3.05) is 13.2 Å². The van der Waals surface area contributed by atoms with Crippen molar-refractivity contribution in [3.63, 3.8) is 0 Å². The second-order valence-corrected chi connectivity index (χ2v) is 20.1. The fourth-order valence-electron chi connectivity index (χ4n) is 13.3. The highest BCUT2D eigenvalue weighted by atomic mass is 16.8. The Hall–Kier alpha value is -0.780. The van der Waals surface area contributed by atoms with Gasteiger partial charge in [0.2, 0.25) is 0 Å². The van der Waals surface area contributed by atoms with Crippen molar-refractivity contribution < 1.29 is 64.9 Å². The quantitative estimate of drug-likeness (QED) is 0.115. The van der Waals surface area contributed by atoms with E-state index in [4.69, 9.17) is 18.9 Å². The summed E-state index contributed by atoms with van der Waals surface area (Å²) in [5.74, 6) is 0.445. The van der Waals surface area contributed by atoms with Crippen molar-refractivity contribution in [1.82, 2.24) is 0 Å². The summed E-state index contributed by atoms with van der Waals surface area (Å²) < 4.78 is 24.4. The van der Waals surface area contributed by atoms with E-state index in [1.807, 2.05) is 6.92 Å². The first-order valence-electron chi connectivity index (χ1n) is 20.9. The minimum atomic E-state index is -1.75. The average molecular weight is 785 g/mol. The van der Waals surface area contributed by atoms with E-state index in [0.29, 0.717) is 19.3 Å². The average Bonchev–Trinajstić information content (AvgIpc) is 3.50. The van der Waals surface area contributed by atoms with Crippen LogP contribution in [0.15, 0.2) is 11.6 Å². The second-order valence-electron chi connectivity index (χ2n) is 20.1. The van der Waals surface area contributed by atoms with Gasteiger partial charge in [0.25, 0.3) is 0 Å². The number of rotatable bonds is 10. The van der Waals surface area contributed by atoms with Gasteiger partial charge in [-0.1, -0.05) is 46.3 Å². The van der Waals surface area contributed by atoms with Gasteiger partial charge in [0.15, 0.2) is 12.6 Å². The van der Waals surface area contributed by atoms with Gasteiger partial charge in [0, 0.05) is 0 Å². The van der Waals surface area contributed by atoms with E-state index in [2.05, 4.69) is 54.5 Å². The lowest BCUT2D eigenvalue weighted by atomic mass is 9.35. The molecule has 0 bridgehead atoms. The molecular weight excluding hydrogens is 712 g/mol. The number of aliphatic hydroxyl groups excluding tert-OH is 8. The first-order chi connectivity index (χ1) is 25.6. The van der Waals surface area contributed by atoms with Crippen LogP contribution in [0.4, 0.5) is 0 Å². The Morgan fingerprint density at radius 2 is 1.33 bits per heavy atom. The van der Waals surface area contributed by atoms with Crippen LogP contribution in [0.25, 0.3) is 0 Å². The van der Waals surface area contributed by atoms with Crippen molar-refractivity contribution in [2.45, 2.75) is 192 Å². The van der Waals surface area contributed by atoms with Crippen molar-refractivity contribution >= 4 is 0 Å². The fraction of sp³-hybridized carbons (Fsp3) is 0.952. The second kappa shape index (κ2) is 15.7. The van der Waals surface area contributed by atoms with Crippen molar-refractivity contribution in [3.05, 3.63) is 11.6 Å². The predicted octanol–water partition coefficient (Wildman–Crippen LogP) is 2.15. The third-order valence-corrected chi connectivity index (χ3v) is 16.6. The lowest BCUT2D eigenvalue weighted by Gasteiger charge is -2.70. The summed E-state index contributed by atoms with van der Waals surface area (Å²) in [4.78, 5) is 0. The topological polar surface area (TPSA) is 219 Å². The van der Waals surface area contributed by atoms with Crippen LogP contribution in [0, 0.1) is 45.3 Å². The maximum absolute atomic E-state index is 12.2. The largest absolute Gasteiger partial charge is 0.394 e. The highest BCUT2D eigenvalue weighted by molar-refractivity contribution is 5.20. The smallest absolute Gasteiger partial charge is 0.187 e. The van der Waals surface area contributed by atoms with Crippen LogP contribution in [0.2, 0.25) is 0 Å². The number of aliphatic hydroxyl groups is 9. The van der Waals surface area contributed by atoms with Crippen LogP contribution in [0.5, 0.6) is 0 Å². The van der Waals surface area contributed by atoms with E-state index in [-0.39, 0.29) is 39.9 Å². The molecule has 6 rings (SSSR count). The van der Waals surface area contributed by atoms with Crippen molar-refractivity contribution in [3.8, 4) is 0 Å². The van der Waals surface area contributed by atoms with Gasteiger partial charge in [0.1, 0.15) is 48.8 Å². The van der Waals surface area contributed by atoms with E-state index in [1.165, 1.54) is 5.57 Å². The summed E-state index contributed by atoms with van der Waals surface area (Å²) >= 11 is 0. The molecule has 55 heavy (non-hydrogen) atoms. The fourth-order valence-corrected chi connectivity index (χ4v) is 13.3. The molecule has 2 heterocycles. The van der Waals surface area contributed by atoms with Crippen LogP contribution in [-0.2, 0) is 18.9 Å². The van der Waals surface area contributed by atoms with E-state index < -0.39 is 97.8 Å². The zero-order valence-electron chi connectivity index (χ0n) is 34.3. The summed E-state index contributed by atoms with van der Waals surface area (Å²) in [6.07, 6.45) is -6.48. The molecule has 6 fully saturated rings. The van der Waals surface area contributed by atoms with Gasteiger partial charge in [-0.3, -0.25) is 0 Å². The highest BCUT2D eigenvalue weighted by Gasteiger charge is 2.71. The summed E-state index contributed by atoms with van der Waals surface area (Å²) in [6, 6.07) is 0. The Morgan fingerprint density at radius 1 is 0.727 bits per heavy atom. The van der Waals surface area contributed by atoms with Gasteiger partial charge in [-0.15, -0.1) is 0 Å². The normalized spacial score (nSPS) is 52.0. The molecule has 0 spiro atoms. The molecule has 20 atom stereocenters. The lowest BCUT2D eigenvalue weighted by Crippen LogP contribution is -2.68. The Bertz CT molecular complexity index is 1370. The monoisotopic (exact) mass is 784 g/mol. The number of allylic oxidation sites excluding steroid dienone is 2. The van der Waals surface area contributed by atoms with Crippen molar-refractivity contribution in [2.24, 2.45) is 45.3 Å². The third kappa shape index (κ3) is 7.20. The van der Waals surface area contributed by atoms with Gasteiger partial charge in [-0.2, -0.15) is 0 Å². The summed E-state index contributed by atoms with van der Waals surface area (Å²) in [6.45, 7) is 16.5. The Morgan fingerprint density at radius 3 is 1.95 bits per heavy atom. The first-order valence-corrected chi connectivity index (χ1v) is 20.9. The molecule has 13 heteroatoms. The minimum Gasteiger partial charge on any atom is -0.394 e. The predicted molar refractivity (Wildman–Crippen MR) is 201 cm³/mol. The van der Waals surface area contributed by atoms with E-state index in [0.717, 1.165) is 38.5 Å². The van der Waals surface area contributed by atoms with Gasteiger partial charge in [0.05, 0.1) is 31.0 Å². The van der Waals surface area contributed by atoms with Gasteiger partial charge >= 0.3 is 0 Å². The van der Waals surface area contributed by atoms with Crippen LogP contribution >= 0.6 is 0 Å². The molecule has 6 aliphatic rings. The molecule has 4 saturated carbocycles. The molecule has 9 N–H and O–H groups in total. The van der Waals surface area contributed by atoms with Gasteiger partial charge < -0.3 is 64.9 Å². The summed E-state index contributed by atoms with van der Waals surface area (Å²) in [7, 11) is 0. The summed E-state index contributed by atoms with van der Waals surface area (Å²) in [5, 5.41) is 97.4. The molecule has 0 aromatic rings. The molecule has 0 radical (unpaired) electrons. The maximum Gasteiger partial charge on any atom is 0.187 e. The van der Waals surface area contributed by atoms with E-state index in [1.54, 1.807) is 0 Å². The van der Waals surface area contributed by atoms with Crippen LogP contribution in [0.1, 0.15) is 113 Å². The molecule has 0 amide bonds. The van der Waals surface area contributed by atoms with Crippen LogP contribution in [-0.4, -0.2) is 138 Å². The number of ether oxygens (including phenoxy) is 4. The molecule has 318 valence electrons. The third-order valence-electron chi connectivity index (χ3n) is 16.6. The number of hydrogen-bond donors (Lipinski definition) is 9. The zero-order chi connectivity index (χ0) is 40.6. The molecular formula is C42H72O13. The zero-order valence-corrected chi connectivity index (χ0v) is 34.3. The first kappa shape index (κ1) is 43.8. The standard InChI is InChI=1S/C42H72O13/c1-21(2)10-9-14-42(8,51)22-11-16-41(7)29(22)23(45)18-27-39(5)15-13-28(38(3,4)26(39)12-17-40(27,41)6)54-37-35(33(49)31(47)25(20-44)53-37)55-36-34(50)32(48)30(46)24(19-43)52-36/h10,22-37,43-51H,9,11-20H2,1-8H3/t22-,23+,24+,25+,26-,27-,28-,29-,30+,31+,32-,33-,34+,35+,36-,37-,39-,40+,41+,42-/m0/s1. The van der Waals surface area contributed by atoms with E-state index in [9.17, 15) is 46.0 Å². The van der Waals surface area contributed by atoms with Gasteiger partial charge in [-0.25, -0.2) is 0 Å². The molecule has 0 unspecified atom stereocenters. The number of fused-ring (bicyclic) bond motifs is 5. The summed E-state index contributed by atoms with van der Waals surface area (Å²) in [5.41, 5.74) is -0.405. The van der Waals surface area contributed by atoms with Crippen molar-refractivity contribution in [1.29, 1.82) is 0 Å². The Kier molecular flexibility index (Phi) is 12.5. The van der Waals surface area contributed by atoms with Gasteiger partial charge in [-0.05, 0) is 124 Å². The SMILES string of the molecule is CC(C)=CCC[C@](C)(O)[C@H]1CC[C@]2(C)[C@@H]1[C@H](O)C[C@H]1[C@@]3(C)CC[C@H](O[C@@H]4O[C@H](CO)[C@@H](O)[C@H](O)[C@H]4O[C@@H]4O[C@H](CO)[C@@H](O)[C@H](O)[C@H]4O)C(C)(C)[C@@H]3CC[C@]12C. The maximum atomic E-state index is 12.2. The number of hydrogen-bond acceptors (Lipinski definition) is 13. The molecule has 0 aromatic carbocycles. The van der Waals surface area contributed by atoms with Crippen LogP contribution in [0.3, 0.4) is 0 Å². The molecule has 2 saturated heterocycles. The lowest BCUT2D eigenvalue weighted by molar-refractivity contribution is -0.378. The van der Waals surface area contributed by atoms with Crippen LogP contribution < -0.4 is 0 Å². The molecule has 2 aliphatic heterocycles. The highest BCUT2D eigenvalue weighted by Crippen LogP contribution is 2.76. The Labute approximate surface area is 327 Å². The van der Waals surface area contributed by atoms with E-state index >= 15 is 0 Å². The Balaban J connectivity index is 1.23. The molecule has 0 aromatic heterocycles. The molecule has 13 nitrogen and oxygen atoms in total.